The van der Waals surface area contributed by atoms with Gasteiger partial charge in [-0.1, -0.05) is 0 Å². The van der Waals surface area contributed by atoms with Gasteiger partial charge in [-0.2, -0.15) is 0 Å². The van der Waals surface area contributed by atoms with Gasteiger partial charge in [0.15, 0.2) is 0 Å². The van der Waals surface area contributed by atoms with Crippen molar-refractivity contribution in [1.82, 2.24) is 0 Å². The molecule has 1 aromatic carbocycles. The van der Waals surface area contributed by atoms with Gasteiger partial charge in [0.2, 0.25) is 0 Å². The van der Waals surface area contributed by atoms with Crippen LogP contribution < -0.4 is 4.90 Å². The molecule has 1 aliphatic rings. The molecule has 7 heteroatoms. The normalized spacial score (nSPS) is 17.5. The van der Waals surface area contributed by atoms with Crippen molar-refractivity contribution >= 4 is 17.3 Å². The molecule has 0 bridgehead atoms. The Kier molecular flexibility index (Phi) is 4.42. The van der Waals surface area contributed by atoms with Gasteiger partial charge in [0.1, 0.15) is 5.56 Å². The highest BCUT2D eigenvalue weighted by Gasteiger charge is 2.25. The van der Waals surface area contributed by atoms with Crippen molar-refractivity contribution in [1.29, 1.82) is 0 Å². The number of nitro groups is 1. The summed E-state index contributed by atoms with van der Waals surface area (Å²) in [5, 5.41) is 29.5. The van der Waals surface area contributed by atoms with Gasteiger partial charge in [-0.25, -0.2) is 4.79 Å². The van der Waals surface area contributed by atoms with E-state index in [0.29, 0.717) is 18.8 Å². The Labute approximate surface area is 122 Å². The van der Waals surface area contributed by atoms with Crippen LogP contribution in [-0.2, 0) is 0 Å². The molecule has 1 unspecified atom stereocenters. The Balaban J connectivity index is 2.20. The lowest BCUT2D eigenvalue weighted by Gasteiger charge is -2.34. The second-order valence-electron chi connectivity index (χ2n) is 5.33. The summed E-state index contributed by atoms with van der Waals surface area (Å²) in [6.45, 7) is 3.17. The first kappa shape index (κ1) is 15.2. The number of carbonyl (C=O) groups is 1. The number of aromatic carboxylic acids is 1. The van der Waals surface area contributed by atoms with Gasteiger partial charge in [0.05, 0.1) is 11.0 Å². The Hall–Kier alpha value is -2.15. The van der Waals surface area contributed by atoms with Crippen LogP contribution in [0, 0.1) is 16.0 Å². The van der Waals surface area contributed by atoms with E-state index in [9.17, 15) is 20.0 Å². The summed E-state index contributed by atoms with van der Waals surface area (Å²) >= 11 is 0. The first-order valence-corrected chi connectivity index (χ1v) is 6.85. The van der Waals surface area contributed by atoms with Gasteiger partial charge < -0.3 is 15.1 Å². The lowest BCUT2D eigenvalue weighted by atomic mass is 9.92. The first-order valence-electron chi connectivity index (χ1n) is 6.85. The minimum absolute atomic E-state index is 0.248. The third-order valence-electron chi connectivity index (χ3n) is 3.99. The molecule has 2 rings (SSSR count). The maximum atomic E-state index is 11.1. The zero-order valence-corrected chi connectivity index (χ0v) is 11.7. The number of aliphatic hydroxyl groups excluding tert-OH is 1. The average molecular weight is 294 g/mol. The summed E-state index contributed by atoms with van der Waals surface area (Å²) in [5.41, 5.74) is -0.0256. The lowest BCUT2D eigenvalue weighted by molar-refractivity contribution is -0.385. The second kappa shape index (κ2) is 6.09. The maximum absolute atomic E-state index is 11.1. The number of nitro benzene ring substituents is 1. The van der Waals surface area contributed by atoms with E-state index in [4.69, 9.17) is 5.11 Å². The number of nitrogens with zero attached hydrogens (tertiary/aromatic N) is 2. The van der Waals surface area contributed by atoms with Crippen molar-refractivity contribution < 1.29 is 19.9 Å². The highest BCUT2D eigenvalue weighted by molar-refractivity contribution is 5.93. The van der Waals surface area contributed by atoms with Crippen molar-refractivity contribution in [2.24, 2.45) is 5.92 Å². The number of hydrogen-bond acceptors (Lipinski definition) is 5. The van der Waals surface area contributed by atoms with Crippen molar-refractivity contribution in [3.8, 4) is 0 Å². The van der Waals surface area contributed by atoms with Crippen LogP contribution in [0.3, 0.4) is 0 Å². The number of piperidine rings is 1. The van der Waals surface area contributed by atoms with Crippen LogP contribution in [0.4, 0.5) is 11.4 Å². The molecule has 1 aliphatic heterocycles. The molecule has 0 saturated carbocycles. The Morgan fingerprint density at radius 1 is 1.43 bits per heavy atom. The van der Waals surface area contributed by atoms with Crippen LogP contribution in [0.25, 0.3) is 0 Å². The number of carboxylic acids is 1. The summed E-state index contributed by atoms with van der Waals surface area (Å²) in [6.07, 6.45) is 1.28. The Morgan fingerprint density at radius 3 is 2.52 bits per heavy atom. The molecule has 2 N–H and O–H groups in total. The monoisotopic (exact) mass is 294 g/mol. The Morgan fingerprint density at radius 2 is 2.05 bits per heavy atom. The van der Waals surface area contributed by atoms with Crippen LogP contribution >= 0.6 is 0 Å². The van der Waals surface area contributed by atoms with Crippen LogP contribution in [0.2, 0.25) is 0 Å². The fourth-order valence-corrected chi connectivity index (χ4v) is 2.69. The summed E-state index contributed by atoms with van der Waals surface area (Å²) in [7, 11) is 0. The molecule has 0 spiro atoms. The van der Waals surface area contributed by atoms with E-state index in [1.54, 1.807) is 13.0 Å². The molecule has 21 heavy (non-hydrogen) atoms. The molecule has 1 aromatic rings. The Bertz CT molecular complexity index is 550. The molecule has 1 saturated heterocycles. The van der Waals surface area contributed by atoms with Gasteiger partial charge in [-0.15, -0.1) is 0 Å². The largest absolute Gasteiger partial charge is 0.477 e. The number of carboxylic acid groups (broad SMARTS) is 1. The fraction of sp³-hybridized carbons (Fsp3) is 0.500. The van der Waals surface area contributed by atoms with E-state index in [2.05, 4.69) is 0 Å². The molecular formula is C14H18N2O5. The predicted octanol–water partition coefficient (Wildman–Crippen LogP) is 1.89. The number of benzene rings is 1. The third-order valence-corrected chi connectivity index (χ3v) is 3.99. The summed E-state index contributed by atoms with van der Waals surface area (Å²) in [4.78, 5) is 23.3. The first-order chi connectivity index (χ1) is 9.90. The summed E-state index contributed by atoms with van der Waals surface area (Å²) in [6, 6.07) is 4.16. The highest BCUT2D eigenvalue weighted by Crippen LogP contribution is 2.29. The molecule has 1 atom stereocenters. The molecule has 0 amide bonds. The fourth-order valence-electron chi connectivity index (χ4n) is 2.69. The van der Waals surface area contributed by atoms with Crippen LogP contribution in [0.5, 0.6) is 0 Å². The predicted molar refractivity (Wildman–Crippen MR) is 76.7 cm³/mol. The van der Waals surface area contributed by atoms with E-state index in [1.165, 1.54) is 12.1 Å². The molecule has 7 nitrogen and oxygen atoms in total. The highest BCUT2D eigenvalue weighted by atomic mass is 16.6. The average Bonchev–Trinajstić information content (AvgIpc) is 2.46. The molecule has 0 aromatic heterocycles. The van der Waals surface area contributed by atoms with Crippen LogP contribution in [0.15, 0.2) is 18.2 Å². The number of rotatable bonds is 4. The lowest BCUT2D eigenvalue weighted by Crippen LogP contribution is -2.37. The molecule has 114 valence electrons. The summed E-state index contributed by atoms with van der Waals surface area (Å²) in [5.74, 6) is -1.05. The van der Waals surface area contributed by atoms with Gasteiger partial charge in [-0.05, 0) is 37.8 Å². The van der Waals surface area contributed by atoms with E-state index >= 15 is 0 Å². The third kappa shape index (κ3) is 3.30. The molecule has 1 heterocycles. The standard InChI is InChI=1S/C14H18N2O5/c1-9(17)10-4-6-15(7-5-10)11-2-3-13(16(20)21)12(8-11)14(18)19/h2-3,8-10,17H,4-7H2,1H3,(H,18,19). The van der Waals surface area contributed by atoms with Crippen LogP contribution in [0.1, 0.15) is 30.1 Å². The topological polar surface area (TPSA) is 104 Å². The minimum atomic E-state index is -1.30. The van der Waals surface area contributed by atoms with E-state index < -0.39 is 16.6 Å². The second-order valence-corrected chi connectivity index (χ2v) is 5.33. The van der Waals surface area contributed by atoms with Gasteiger partial charge in [-0.3, -0.25) is 10.1 Å². The van der Waals surface area contributed by atoms with Crippen molar-refractivity contribution in [3.05, 3.63) is 33.9 Å². The van der Waals surface area contributed by atoms with Gasteiger partial charge in [0, 0.05) is 24.8 Å². The van der Waals surface area contributed by atoms with E-state index in [1.807, 2.05) is 4.90 Å². The SMILES string of the molecule is CC(O)C1CCN(c2ccc([N+](=O)[O-])c(C(=O)O)c2)CC1. The molecule has 1 fully saturated rings. The molecule has 0 radical (unpaired) electrons. The quantitative estimate of drug-likeness (QED) is 0.649. The zero-order chi connectivity index (χ0) is 15.6. The minimum Gasteiger partial charge on any atom is -0.477 e. The zero-order valence-electron chi connectivity index (χ0n) is 11.7. The molecule has 0 aliphatic carbocycles. The van der Waals surface area contributed by atoms with Crippen molar-refractivity contribution in [3.63, 3.8) is 0 Å². The summed E-state index contributed by atoms with van der Waals surface area (Å²) < 4.78 is 0. The van der Waals surface area contributed by atoms with Crippen LogP contribution in [-0.4, -0.2) is 40.3 Å². The molecular weight excluding hydrogens is 276 g/mol. The van der Waals surface area contributed by atoms with Gasteiger partial charge in [0.25, 0.3) is 5.69 Å². The maximum Gasteiger partial charge on any atom is 0.342 e. The number of aliphatic hydroxyl groups is 1. The van der Waals surface area contributed by atoms with E-state index in [-0.39, 0.29) is 17.6 Å². The smallest absolute Gasteiger partial charge is 0.342 e. The number of anilines is 1. The van der Waals surface area contributed by atoms with Crippen molar-refractivity contribution in [2.45, 2.75) is 25.9 Å². The number of hydrogen-bond donors (Lipinski definition) is 2. The van der Waals surface area contributed by atoms with Crippen molar-refractivity contribution in [2.75, 3.05) is 18.0 Å². The van der Waals surface area contributed by atoms with E-state index in [0.717, 1.165) is 12.8 Å². The van der Waals surface area contributed by atoms with Gasteiger partial charge >= 0.3 is 5.97 Å².